The molecule has 0 aliphatic heterocycles. The van der Waals surface area contributed by atoms with Crippen LogP contribution in [0.15, 0.2) is 48.5 Å². The van der Waals surface area contributed by atoms with Crippen LogP contribution in [0.5, 0.6) is 0 Å². The van der Waals surface area contributed by atoms with Gasteiger partial charge >= 0.3 is 0 Å². The van der Waals surface area contributed by atoms with Gasteiger partial charge in [0.2, 0.25) is 0 Å². The first kappa shape index (κ1) is 14.1. The molecule has 0 saturated heterocycles. The highest BCUT2D eigenvalue weighted by Gasteiger charge is 2.04. The van der Waals surface area contributed by atoms with Gasteiger partial charge in [-0.25, -0.2) is 0 Å². The minimum Gasteiger partial charge on any atom is -0.306 e. The molecule has 2 aromatic carbocycles. The quantitative estimate of drug-likeness (QED) is 0.829. The zero-order valence-corrected chi connectivity index (χ0v) is 12.2. The monoisotopic (exact) mass is 273 g/mol. The van der Waals surface area contributed by atoms with Gasteiger partial charge in [-0.3, -0.25) is 0 Å². The molecule has 0 spiro atoms. The van der Waals surface area contributed by atoms with Crippen LogP contribution in [0.2, 0.25) is 5.02 Å². The van der Waals surface area contributed by atoms with E-state index >= 15 is 0 Å². The van der Waals surface area contributed by atoms with Crippen LogP contribution in [0.3, 0.4) is 0 Å². The third-order valence-electron chi connectivity index (χ3n) is 3.41. The highest BCUT2D eigenvalue weighted by molar-refractivity contribution is 6.30. The van der Waals surface area contributed by atoms with Crippen molar-refractivity contribution < 1.29 is 0 Å². The van der Waals surface area contributed by atoms with Gasteiger partial charge in [0.15, 0.2) is 0 Å². The van der Waals surface area contributed by atoms with Crippen LogP contribution < -0.4 is 5.32 Å². The molecule has 100 valence electrons. The standard InChI is InChI=1S/C17H20ClN/c1-3-14-4-6-15(7-5-14)12-19-13(2)16-8-10-17(18)11-9-16/h4-11,13,19H,3,12H2,1-2H3/t13-/m1/s1. The molecular formula is C17H20ClN. The van der Waals surface area contributed by atoms with Gasteiger partial charge in [-0.2, -0.15) is 0 Å². The van der Waals surface area contributed by atoms with Gasteiger partial charge in [-0.15, -0.1) is 0 Å². The highest BCUT2D eigenvalue weighted by atomic mass is 35.5. The molecule has 0 fully saturated rings. The summed E-state index contributed by atoms with van der Waals surface area (Å²) in [6, 6.07) is 17.1. The Morgan fingerprint density at radius 1 is 0.947 bits per heavy atom. The number of aryl methyl sites for hydroxylation is 1. The summed E-state index contributed by atoms with van der Waals surface area (Å²) >= 11 is 5.90. The van der Waals surface area contributed by atoms with Gasteiger partial charge in [-0.1, -0.05) is 54.9 Å². The average molecular weight is 274 g/mol. The minimum absolute atomic E-state index is 0.322. The Bertz CT molecular complexity index is 502. The summed E-state index contributed by atoms with van der Waals surface area (Å²) in [6.45, 7) is 5.23. The first-order valence-electron chi connectivity index (χ1n) is 6.75. The Morgan fingerprint density at radius 3 is 2.11 bits per heavy atom. The van der Waals surface area contributed by atoms with Crippen LogP contribution in [-0.2, 0) is 13.0 Å². The summed E-state index contributed by atoms with van der Waals surface area (Å²) in [5.74, 6) is 0. The number of rotatable bonds is 5. The molecule has 0 bridgehead atoms. The van der Waals surface area contributed by atoms with Crippen LogP contribution in [0.4, 0.5) is 0 Å². The van der Waals surface area contributed by atoms with Crippen molar-refractivity contribution in [3.8, 4) is 0 Å². The van der Waals surface area contributed by atoms with Crippen LogP contribution in [-0.4, -0.2) is 0 Å². The number of benzene rings is 2. The molecule has 0 amide bonds. The maximum atomic E-state index is 5.90. The van der Waals surface area contributed by atoms with Crippen molar-refractivity contribution in [2.45, 2.75) is 32.9 Å². The largest absolute Gasteiger partial charge is 0.306 e. The van der Waals surface area contributed by atoms with Crippen LogP contribution in [0.1, 0.15) is 36.6 Å². The van der Waals surface area contributed by atoms with E-state index in [9.17, 15) is 0 Å². The molecule has 19 heavy (non-hydrogen) atoms. The fraction of sp³-hybridized carbons (Fsp3) is 0.294. The molecule has 0 aromatic heterocycles. The van der Waals surface area contributed by atoms with E-state index in [1.54, 1.807) is 0 Å². The first-order valence-corrected chi connectivity index (χ1v) is 7.13. The highest BCUT2D eigenvalue weighted by Crippen LogP contribution is 2.16. The minimum atomic E-state index is 0.322. The lowest BCUT2D eigenvalue weighted by atomic mass is 10.1. The fourth-order valence-electron chi connectivity index (χ4n) is 2.03. The summed E-state index contributed by atoms with van der Waals surface area (Å²) in [5, 5.41) is 4.31. The van der Waals surface area contributed by atoms with Crippen molar-refractivity contribution in [2.75, 3.05) is 0 Å². The van der Waals surface area contributed by atoms with Crippen molar-refractivity contribution in [2.24, 2.45) is 0 Å². The van der Waals surface area contributed by atoms with Crippen LogP contribution in [0.25, 0.3) is 0 Å². The van der Waals surface area contributed by atoms with Gasteiger partial charge in [0, 0.05) is 17.6 Å². The molecule has 1 N–H and O–H groups in total. The third kappa shape index (κ3) is 4.09. The second-order valence-corrected chi connectivity index (χ2v) is 5.26. The molecule has 2 aromatic rings. The number of hydrogen-bond acceptors (Lipinski definition) is 1. The molecule has 2 heteroatoms. The Hall–Kier alpha value is -1.31. The topological polar surface area (TPSA) is 12.0 Å². The predicted octanol–water partition coefficient (Wildman–Crippen LogP) is 4.75. The normalized spacial score (nSPS) is 12.4. The van der Waals surface area contributed by atoms with Crippen molar-refractivity contribution in [3.63, 3.8) is 0 Å². The van der Waals surface area contributed by atoms with E-state index in [4.69, 9.17) is 11.6 Å². The number of halogens is 1. The molecule has 2 rings (SSSR count). The number of nitrogens with one attached hydrogen (secondary N) is 1. The van der Waals surface area contributed by atoms with Crippen molar-refractivity contribution >= 4 is 11.6 Å². The molecule has 0 heterocycles. The van der Waals surface area contributed by atoms with Crippen molar-refractivity contribution in [1.29, 1.82) is 0 Å². The molecule has 0 radical (unpaired) electrons. The second kappa shape index (κ2) is 6.74. The van der Waals surface area contributed by atoms with Gasteiger partial charge in [0.05, 0.1) is 0 Å². The maximum Gasteiger partial charge on any atom is 0.0406 e. The molecular weight excluding hydrogens is 254 g/mol. The summed E-state index contributed by atoms with van der Waals surface area (Å²) in [4.78, 5) is 0. The van der Waals surface area contributed by atoms with E-state index in [-0.39, 0.29) is 0 Å². The lowest BCUT2D eigenvalue weighted by Crippen LogP contribution is -2.17. The van der Waals surface area contributed by atoms with Crippen LogP contribution in [0, 0.1) is 0 Å². The van der Waals surface area contributed by atoms with Gasteiger partial charge in [0.1, 0.15) is 0 Å². The summed E-state index contributed by atoms with van der Waals surface area (Å²) < 4.78 is 0. The second-order valence-electron chi connectivity index (χ2n) is 4.82. The molecule has 0 aliphatic rings. The molecule has 0 aliphatic carbocycles. The molecule has 1 atom stereocenters. The Balaban J connectivity index is 1.92. The lowest BCUT2D eigenvalue weighted by molar-refractivity contribution is 0.574. The molecule has 0 saturated carbocycles. The van der Waals surface area contributed by atoms with E-state index in [0.717, 1.165) is 18.0 Å². The van der Waals surface area contributed by atoms with E-state index in [1.807, 2.05) is 12.1 Å². The van der Waals surface area contributed by atoms with Crippen molar-refractivity contribution in [3.05, 3.63) is 70.2 Å². The Labute approximate surface area is 120 Å². The molecule has 1 nitrogen and oxygen atoms in total. The van der Waals surface area contributed by atoms with Gasteiger partial charge in [-0.05, 0) is 42.2 Å². The smallest absolute Gasteiger partial charge is 0.0406 e. The van der Waals surface area contributed by atoms with Crippen molar-refractivity contribution in [1.82, 2.24) is 5.32 Å². The Morgan fingerprint density at radius 2 is 1.53 bits per heavy atom. The predicted molar refractivity (Wildman–Crippen MR) is 82.5 cm³/mol. The first-order chi connectivity index (χ1) is 9.19. The van der Waals surface area contributed by atoms with E-state index in [2.05, 4.69) is 55.6 Å². The van der Waals surface area contributed by atoms with Gasteiger partial charge < -0.3 is 5.32 Å². The zero-order valence-electron chi connectivity index (χ0n) is 11.5. The third-order valence-corrected chi connectivity index (χ3v) is 3.67. The summed E-state index contributed by atoms with van der Waals surface area (Å²) in [6.07, 6.45) is 1.09. The average Bonchev–Trinajstić information content (AvgIpc) is 2.46. The van der Waals surface area contributed by atoms with Crippen LogP contribution >= 0.6 is 11.6 Å². The summed E-state index contributed by atoms with van der Waals surface area (Å²) in [5.41, 5.74) is 3.96. The van der Waals surface area contributed by atoms with Gasteiger partial charge in [0.25, 0.3) is 0 Å². The lowest BCUT2D eigenvalue weighted by Gasteiger charge is -2.14. The fourth-order valence-corrected chi connectivity index (χ4v) is 2.16. The van der Waals surface area contributed by atoms with E-state index in [1.165, 1.54) is 16.7 Å². The zero-order chi connectivity index (χ0) is 13.7. The van der Waals surface area contributed by atoms with E-state index in [0.29, 0.717) is 6.04 Å². The molecule has 0 unspecified atom stereocenters. The summed E-state index contributed by atoms with van der Waals surface area (Å²) in [7, 11) is 0. The SMILES string of the molecule is CCc1ccc(CN[C@H](C)c2ccc(Cl)cc2)cc1. The number of hydrogen-bond donors (Lipinski definition) is 1. The maximum absolute atomic E-state index is 5.90. The van der Waals surface area contributed by atoms with E-state index < -0.39 is 0 Å². The Kier molecular flexibility index (Phi) is 5.00.